The summed E-state index contributed by atoms with van der Waals surface area (Å²) in [6, 6.07) is 25.3. The van der Waals surface area contributed by atoms with Gasteiger partial charge in [-0.15, -0.1) is 0 Å². The normalized spacial score (nSPS) is 12.1. The van der Waals surface area contributed by atoms with E-state index in [0.717, 1.165) is 34.2 Å². The van der Waals surface area contributed by atoms with Gasteiger partial charge in [-0.25, -0.2) is 0 Å². The van der Waals surface area contributed by atoms with Crippen LogP contribution in [-0.4, -0.2) is 54.8 Å². The zero-order chi connectivity index (χ0) is 26.0. The van der Waals surface area contributed by atoms with E-state index in [4.69, 9.17) is 4.74 Å². The van der Waals surface area contributed by atoms with E-state index in [2.05, 4.69) is 83.1 Å². The van der Waals surface area contributed by atoms with Gasteiger partial charge in [0.1, 0.15) is 12.4 Å². The number of H-pyrrole nitrogens is 1. The average Bonchev–Trinajstić information content (AvgIpc) is 3.40. The highest BCUT2D eigenvalue weighted by Crippen LogP contribution is 2.36. The number of nitrogens with one attached hydrogen (secondary N) is 2. The maximum atomic E-state index is 11.5. The molecular formula is C31H34N4O2. The van der Waals surface area contributed by atoms with E-state index < -0.39 is 0 Å². The Morgan fingerprint density at radius 3 is 2.49 bits per heavy atom. The molecule has 0 fully saturated rings. The Bertz CT molecular complexity index is 1370. The monoisotopic (exact) mass is 494 g/mol. The molecule has 37 heavy (non-hydrogen) atoms. The van der Waals surface area contributed by atoms with Crippen LogP contribution in [-0.2, 0) is 4.79 Å². The SMILES string of the molecule is CC/C(=C(/c1ccc(OCCNC/C=C\C(=O)N(C)C)cc1)c1ccc2[nH]ncc2c1)c1ccccc1. The number of amides is 1. The Kier molecular flexibility index (Phi) is 8.89. The highest BCUT2D eigenvalue weighted by atomic mass is 16.5. The highest BCUT2D eigenvalue weighted by Gasteiger charge is 2.14. The lowest BCUT2D eigenvalue weighted by atomic mass is 9.88. The fourth-order valence-electron chi connectivity index (χ4n) is 4.23. The summed E-state index contributed by atoms with van der Waals surface area (Å²) in [7, 11) is 3.47. The molecule has 0 bridgehead atoms. The lowest BCUT2D eigenvalue weighted by molar-refractivity contribution is -0.123. The van der Waals surface area contributed by atoms with Crippen molar-refractivity contribution in [2.45, 2.75) is 13.3 Å². The summed E-state index contributed by atoms with van der Waals surface area (Å²) in [5, 5.41) is 11.6. The Morgan fingerprint density at radius 2 is 1.76 bits per heavy atom. The van der Waals surface area contributed by atoms with E-state index in [1.807, 2.05) is 24.4 Å². The van der Waals surface area contributed by atoms with Crippen molar-refractivity contribution in [2.24, 2.45) is 0 Å². The minimum atomic E-state index is -0.0188. The summed E-state index contributed by atoms with van der Waals surface area (Å²) in [5.74, 6) is 0.806. The van der Waals surface area contributed by atoms with E-state index in [9.17, 15) is 4.79 Å². The molecule has 3 aromatic carbocycles. The van der Waals surface area contributed by atoms with Gasteiger partial charge >= 0.3 is 0 Å². The number of nitrogens with zero attached hydrogens (tertiary/aromatic N) is 2. The van der Waals surface area contributed by atoms with Crippen LogP contribution in [0.25, 0.3) is 22.0 Å². The van der Waals surface area contributed by atoms with Crippen LogP contribution in [0.2, 0.25) is 0 Å². The molecule has 0 atom stereocenters. The molecule has 0 spiro atoms. The number of aromatic amines is 1. The molecule has 1 heterocycles. The largest absolute Gasteiger partial charge is 0.492 e. The van der Waals surface area contributed by atoms with Gasteiger partial charge in [-0.05, 0) is 58.5 Å². The number of carbonyl (C=O) groups excluding carboxylic acids is 1. The van der Waals surface area contributed by atoms with Crippen LogP contribution < -0.4 is 10.1 Å². The first-order valence-electron chi connectivity index (χ1n) is 12.6. The lowest BCUT2D eigenvalue weighted by Crippen LogP contribution is -2.22. The third kappa shape index (κ3) is 6.74. The molecule has 0 aliphatic heterocycles. The molecule has 0 aliphatic rings. The molecule has 0 unspecified atom stereocenters. The highest BCUT2D eigenvalue weighted by molar-refractivity contribution is 6.00. The van der Waals surface area contributed by atoms with E-state index in [-0.39, 0.29) is 5.91 Å². The summed E-state index contributed by atoms with van der Waals surface area (Å²) in [5.41, 5.74) is 7.06. The molecule has 0 aliphatic carbocycles. The fraction of sp³-hybridized carbons (Fsp3) is 0.226. The quantitative estimate of drug-likeness (QED) is 0.163. The molecule has 4 aromatic rings. The maximum absolute atomic E-state index is 11.5. The van der Waals surface area contributed by atoms with Crippen molar-refractivity contribution in [1.29, 1.82) is 0 Å². The second-order valence-electron chi connectivity index (χ2n) is 8.96. The van der Waals surface area contributed by atoms with Crippen LogP contribution in [0.5, 0.6) is 5.75 Å². The molecule has 1 amide bonds. The number of likely N-dealkylation sites (N-methyl/N-ethyl adjacent to an activating group) is 1. The zero-order valence-corrected chi connectivity index (χ0v) is 21.7. The van der Waals surface area contributed by atoms with Crippen molar-refractivity contribution in [3.63, 3.8) is 0 Å². The minimum absolute atomic E-state index is 0.0188. The molecule has 2 N–H and O–H groups in total. The molecule has 0 saturated carbocycles. The number of hydrogen-bond donors (Lipinski definition) is 2. The Labute approximate surface area is 218 Å². The van der Waals surface area contributed by atoms with Crippen molar-refractivity contribution in [2.75, 3.05) is 33.8 Å². The van der Waals surface area contributed by atoms with Gasteiger partial charge in [0.2, 0.25) is 5.91 Å². The molecule has 4 rings (SSSR count). The topological polar surface area (TPSA) is 70.2 Å². The first-order valence-corrected chi connectivity index (χ1v) is 12.6. The molecule has 6 heteroatoms. The van der Waals surface area contributed by atoms with Gasteiger partial charge in [0.25, 0.3) is 0 Å². The molecule has 6 nitrogen and oxygen atoms in total. The van der Waals surface area contributed by atoms with Crippen molar-refractivity contribution < 1.29 is 9.53 Å². The lowest BCUT2D eigenvalue weighted by Gasteiger charge is -2.17. The van der Waals surface area contributed by atoms with E-state index in [0.29, 0.717) is 19.7 Å². The number of aromatic nitrogens is 2. The Balaban J connectivity index is 1.50. The van der Waals surface area contributed by atoms with E-state index in [1.165, 1.54) is 16.7 Å². The van der Waals surface area contributed by atoms with Crippen LogP contribution in [0.15, 0.2) is 91.1 Å². The van der Waals surface area contributed by atoms with Gasteiger partial charge in [-0.3, -0.25) is 9.89 Å². The summed E-state index contributed by atoms with van der Waals surface area (Å²) >= 11 is 0. The Morgan fingerprint density at radius 1 is 1.00 bits per heavy atom. The third-order valence-electron chi connectivity index (χ3n) is 6.16. The second kappa shape index (κ2) is 12.7. The van der Waals surface area contributed by atoms with Crippen molar-refractivity contribution in [3.8, 4) is 5.75 Å². The number of carbonyl (C=O) groups is 1. The van der Waals surface area contributed by atoms with Gasteiger partial charge in [-0.2, -0.15) is 5.10 Å². The molecule has 0 saturated heterocycles. The van der Waals surface area contributed by atoms with Gasteiger partial charge in [0, 0.05) is 38.6 Å². The number of hydrogen-bond acceptors (Lipinski definition) is 4. The number of ether oxygens (including phenoxy) is 1. The van der Waals surface area contributed by atoms with Gasteiger partial charge in [0.05, 0.1) is 11.7 Å². The van der Waals surface area contributed by atoms with Gasteiger partial charge < -0.3 is 15.0 Å². The maximum Gasteiger partial charge on any atom is 0.245 e. The van der Waals surface area contributed by atoms with E-state index >= 15 is 0 Å². The van der Waals surface area contributed by atoms with Crippen molar-refractivity contribution in [3.05, 3.63) is 108 Å². The number of fused-ring (bicyclic) bond motifs is 1. The predicted molar refractivity (Wildman–Crippen MR) is 151 cm³/mol. The van der Waals surface area contributed by atoms with Crippen LogP contribution in [0, 0.1) is 0 Å². The molecule has 0 radical (unpaired) electrons. The summed E-state index contributed by atoms with van der Waals surface area (Å²) in [6.07, 6.45) is 6.17. The molecular weight excluding hydrogens is 460 g/mol. The smallest absolute Gasteiger partial charge is 0.245 e. The van der Waals surface area contributed by atoms with E-state index in [1.54, 1.807) is 25.1 Å². The van der Waals surface area contributed by atoms with Crippen LogP contribution in [0.3, 0.4) is 0 Å². The third-order valence-corrected chi connectivity index (χ3v) is 6.16. The summed E-state index contributed by atoms with van der Waals surface area (Å²) < 4.78 is 5.94. The number of allylic oxidation sites excluding steroid dienone is 1. The van der Waals surface area contributed by atoms with Crippen molar-refractivity contribution >= 4 is 28.0 Å². The first kappa shape index (κ1) is 25.9. The fourth-order valence-corrected chi connectivity index (χ4v) is 4.23. The Hall–Kier alpha value is -4.16. The van der Waals surface area contributed by atoms with Gasteiger partial charge in [0.15, 0.2) is 0 Å². The summed E-state index contributed by atoms with van der Waals surface area (Å²) in [6.45, 7) is 4.05. The van der Waals surface area contributed by atoms with Crippen LogP contribution in [0.4, 0.5) is 0 Å². The average molecular weight is 495 g/mol. The van der Waals surface area contributed by atoms with Crippen molar-refractivity contribution in [1.82, 2.24) is 20.4 Å². The first-order chi connectivity index (χ1) is 18.1. The zero-order valence-electron chi connectivity index (χ0n) is 21.7. The molecule has 1 aromatic heterocycles. The molecule has 190 valence electrons. The minimum Gasteiger partial charge on any atom is -0.492 e. The standard InChI is InChI=1S/C31H34N4O2/c1-4-28(23-9-6-5-7-10-23)31(25-14-17-29-26(21-25)22-33-34-29)24-12-15-27(16-13-24)37-20-19-32-18-8-11-30(36)35(2)3/h5-17,21-22,32H,4,18-20H2,1-3H3,(H,33,34)/b11-8-,31-28+. The number of rotatable bonds is 11. The second-order valence-corrected chi connectivity index (χ2v) is 8.96. The number of benzene rings is 3. The summed E-state index contributed by atoms with van der Waals surface area (Å²) in [4.78, 5) is 13.1. The van der Waals surface area contributed by atoms with Crippen LogP contribution in [0.1, 0.15) is 30.0 Å². The van der Waals surface area contributed by atoms with Crippen LogP contribution >= 0.6 is 0 Å². The van der Waals surface area contributed by atoms with Gasteiger partial charge in [-0.1, -0.05) is 61.5 Å². The predicted octanol–water partition coefficient (Wildman–Crippen LogP) is 5.54.